The molecule has 0 rings (SSSR count). The van der Waals surface area contributed by atoms with E-state index in [0.717, 1.165) is 11.1 Å². The molecule has 0 N–H and O–H groups in total. The van der Waals surface area contributed by atoms with Gasteiger partial charge >= 0.3 is 0 Å². The molecule has 2 heteroatoms. The van der Waals surface area contributed by atoms with Crippen molar-refractivity contribution in [3.8, 4) is 0 Å². The van der Waals surface area contributed by atoms with E-state index in [9.17, 15) is 0 Å². The maximum atomic E-state index is 5.36. The van der Waals surface area contributed by atoms with Gasteiger partial charge in [0.05, 0.1) is 0 Å². The van der Waals surface area contributed by atoms with E-state index in [2.05, 4.69) is 6.08 Å². The molecule has 0 spiro atoms. The molecule has 0 unspecified atom stereocenters. The first-order chi connectivity index (χ1) is 5.82. The molecule has 0 bridgehead atoms. The van der Waals surface area contributed by atoms with Crippen molar-refractivity contribution in [1.82, 2.24) is 0 Å². The van der Waals surface area contributed by atoms with E-state index in [-0.39, 0.29) is 65.4 Å². The van der Waals surface area contributed by atoms with Crippen molar-refractivity contribution in [3.63, 3.8) is 0 Å². The van der Waals surface area contributed by atoms with Crippen LogP contribution in [0.2, 0.25) is 0 Å². The second-order valence-electron chi connectivity index (χ2n) is 2.92. The third-order valence-corrected chi connectivity index (χ3v) is 1.59. The van der Waals surface area contributed by atoms with Gasteiger partial charge in [-0.1, -0.05) is 0 Å². The molecule has 0 aromatic heterocycles. The SMILES string of the molecule is [CH-]=C(C)C(=[CH-])C.[CH-]=C(C)C(C)=[C-]C.[Y].[Y]. The number of hydrogen-bond donors (Lipinski definition) is 0. The summed E-state index contributed by atoms with van der Waals surface area (Å²) in [6, 6.07) is 0. The summed E-state index contributed by atoms with van der Waals surface area (Å²) in [7, 11) is 0. The van der Waals surface area contributed by atoms with Crippen LogP contribution < -0.4 is 0 Å². The maximum Gasteiger partial charge on any atom is 0 e. The van der Waals surface area contributed by atoms with Crippen LogP contribution in [0.3, 0.4) is 0 Å². The zero-order chi connectivity index (χ0) is 11.0. The zero-order valence-electron chi connectivity index (χ0n) is 10.4. The Balaban J connectivity index is -0.0000000718. The van der Waals surface area contributed by atoms with E-state index >= 15 is 0 Å². The Morgan fingerprint density at radius 1 is 0.733 bits per heavy atom. The van der Waals surface area contributed by atoms with Gasteiger partial charge in [-0.05, 0) is 0 Å². The maximum absolute atomic E-state index is 5.36. The molecule has 0 heterocycles. The Morgan fingerprint density at radius 3 is 1.00 bits per heavy atom. The largest absolute Gasteiger partial charge is 0.391 e. The predicted molar refractivity (Wildman–Crippen MR) is 58.6 cm³/mol. The van der Waals surface area contributed by atoms with Crippen LogP contribution >= 0.6 is 0 Å². The molecule has 2 radical (unpaired) electrons. The molecule has 0 nitrogen and oxygen atoms in total. The Bertz CT molecular complexity index is 223. The first-order valence-corrected chi connectivity index (χ1v) is 4.12. The van der Waals surface area contributed by atoms with Crippen LogP contribution in [0.1, 0.15) is 34.6 Å². The van der Waals surface area contributed by atoms with Crippen LogP contribution in [0.5, 0.6) is 0 Å². The Morgan fingerprint density at radius 2 is 1.00 bits per heavy atom. The average Bonchev–Trinajstić information content (AvgIpc) is 2.03. The fourth-order valence-corrected chi connectivity index (χ4v) is 0.197. The molecular formula is C13H18Y2-4. The van der Waals surface area contributed by atoms with Crippen LogP contribution in [-0.2, 0) is 65.4 Å². The van der Waals surface area contributed by atoms with Crippen molar-refractivity contribution in [2.45, 2.75) is 34.6 Å². The molecular weight excluding hydrogens is 334 g/mol. The van der Waals surface area contributed by atoms with Crippen LogP contribution in [0, 0.1) is 25.8 Å². The molecule has 80 valence electrons. The van der Waals surface area contributed by atoms with Gasteiger partial charge in [0.25, 0.3) is 0 Å². The molecule has 0 saturated carbocycles. The number of allylic oxidation sites excluding steroid dienone is 5. The van der Waals surface area contributed by atoms with Gasteiger partial charge in [0.1, 0.15) is 0 Å². The molecule has 0 atom stereocenters. The number of rotatable bonds is 2. The Kier molecular flexibility index (Phi) is 25.4. The first-order valence-electron chi connectivity index (χ1n) is 4.12. The van der Waals surface area contributed by atoms with Gasteiger partial charge in [0, 0.05) is 65.4 Å². The van der Waals surface area contributed by atoms with Crippen LogP contribution in [0.15, 0.2) is 22.3 Å². The summed E-state index contributed by atoms with van der Waals surface area (Å²) >= 11 is 0. The molecule has 0 aliphatic carbocycles. The van der Waals surface area contributed by atoms with Crippen molar-refractivity contribution in [2.24, 2.45) is 0 Å². The first kappa shape index (κ1) is 25.1. The van der Waals surface area contributed by atoms with Gasteiger partial charge < -0.3 is 48.1 Å². The van der Waals surface area contributed by atoms with E-state index in [4.69, 9.17) is 19.7 Å². The summed E-state index contributed by atoms with van der Waals surface area (Å²) in [4.78, 5) is 0. The van der Waals surface area contributed by atoms with Gasteiger partial charge in [-0.25, -0.2) is 0 Å². The molecule has 0 saturated heterocycles. The molecule has 0 aliphatic heterocycles. The van der Waals surface area contributed by atoms with Crippen molar-refractivity contribution < 1.29 is 65.4 Å². The second kappa shape index (κ2) is 15.2. The normalized spacial score (nSPS) is 8.47. The fourth-order valence-electron chi connectivity index (χ4n) is 0.197. The van der Waals surface area contributed by atoms with Gasteiger partial charge in [0.2, 0.25) is 0 Å². The van der Waals surface area contributed by atoms with Gasteiger partial charge in [0.15, 0.2) is 0 Å². The van der Waals surface area contributed by atoms with Crippen LogP contribution in [0.25, 0.3) is 0 Å². The van der Waals surface area contributed by atoms with Crippen molar-refractivity contribution in [1.29, 1.82) is 0 Å². The van der Waals surface area contributed by atoms with Crippen molar-refractivity contribution in [2.75, 3.05) is 0 Å². The molecule has 15 heavy (non-hydrogen) atoms. The van der Waals surface area contributed by atoms with E-state index < -0.39 is 0 Å². The minimum atomic E-state index is 0. The van der Waals surface area contributed by atoms with Gasteiger partial charge in [-0.15, -0.1) is 34.6 Å². The standard InChI is InChI=1S/C7H10.C6H8.2Y/c1-5-7(4)6(2)3;1-5(2)6(3)4;;/h2H,1,3-4H3;1,3H,2,4H3;;/q2*-2;;. The van der Waals surface area contributed by atoms with Gasteiger partial charge in [-0.2, -0.15) is 0 Å². The third-order valence-electron chi connectivity index (χ3n) is 1.59. The minimum Gasteiger partial charge on any atom is -0.391 e. The predicted octanol–water partition coefficient (Wildman–Crippen LogP) is 3.88. The quantitative estimate of drug-likeness (QED) is 0.523. The third kappa shape index (κ3) is 21.1. The summed E-state index contributed by atoms with van der Waals surface area (Å²) in [6.07, 6.45) is 2.92. The van der Waals surface area contributed by atoms with Crippen molar-refractivity contribution >= 4 is 0 Å². The van der Waals surface area contributed by atoms with Crippen LogP contribution in [-0.4, -0.2) is 0 Å². The van der Waals surface area contributed by atoms with E-state index in [1.807, 2.05) is 20.8 Å². The topological polar surface area (TPSA) is 0 Å². The average molecular weight is 352 g/mol. The van der Waals surface area contributed by atoms with E-state index in [0.29, 0.717) is 11.1 Å². The minimum absolute atomic E-state index is 0. The Hall–Kier alpha value is 1.17. The summed E-state index contributed by atoms with van der Waals surface area (Å²) < 4.78 is 0. The molecule has 0 aromatic rings. The summed E-state index contributed by atoms with van der Waals surface area (Å²) in [6.45, 7) is 24.9. The summed E-state index contributed by atoms with van der Waals surface area (Å²) in [5.74, 6) is 0. The Labute approximate surface area is 146 Å². The smallest absolute Gasteiger partial charge is 0 e. The molecule has 0 aliphatic rings. The zero-order valence-corrected chi connectivity index (χ0v) is 16.1. The van der Waals surface area contributed by atoms with Crippen molar-refractivity contribution in [3.05, 3.63) is 48.1 Å². The fraction of sp³-hybridized carbons (Fsp3) is 0.385. The number of hydrogen-bond acceptors (Lipinski definition) is 0. The van der Waals surface area contributed by atoms with Gasteiger partial charge in [-0.3, -0.25) is 0 Å². The van der Waals surface area contributed by atoms with Crippen LogP contribution in [0.4, 0.5) is 0 Å². The molecule has 0 amide bonds. The molecule has 0 aromatic carbocycles. The summed E-state index contributed by atoms with van der Waals surface area (Å²) in [5.41, 5.74) is 3.30. The molecule has 0 fully saturated rings. The van der Waals surface area contributed by atoms with E-state index in [1.165, 1.54) is 0 Å². The second-order valence-corrected chi connectivity index (χ2v) is 2.92. The summed E-state index contributed by atoms with van der Waals surface area (Å²) in [5, 5.41) is 0. The van der Waals surface area contributed by atoms with E-state index in [1.54, 1.807) is 13.8 Å². The monoisotopic (exact) mass is 352 g/mol.